The number of non-ortho nitro benzene ring substituents is 1. The van der Waals surface area contributed by atoms with E-state index < -0.39 is 4.92 Å². The van der Waals surface area contributed by atoms with Gasteiger partial charge in [-0.25, -0.2) is 4.98 Å². The van der Waals surface area contributed by atoms with E-state index in [0.717, 1.165) is 0 Å². The Morgan fingerprint density at radius 3 is 2.70 bits per heavy atom. The van der Waals surface area contributed by atoms with E-state index in [0.29, 0.717) is 16.8 Å². The number of benzene rings is 1. The Hall–Kier alpha value is -2.47. The predicted molar refractivity (Wildman–Crippen MR) is 75.0 cm³/mol. The molecule has 0 fully saturated rings. The van der Waals surface area contributed by atoms with Crippen LogP contribution in [0.2, 0.25) is 5.15 Å². The second-order valence-electron chi connectivity index (χ2n) is 4.08. The van der Waals surface area contributed by atoms with E-state index >= 15 is 0 Å². The topological polar surface area (TPSA) is 85.1 Å². The van der Waals surface area contributed by atoms with Gasteiger partial charge in [-0.3, -0.25) is 14.9 Å². The van der Waals surface area contributed by atoms with E-state index in [4.69, 9.17) is 11.6 Å². The number of carbonyl (C=O) groups excluding carboxylic acids is 1. The highest BCUT2D eigenvalue weighted by Gasteiger charge is 2.11. The number of hydrogen-bond donors (Lipinski definition) is 1. The number of carbonyl (C=O) groups is 1. The normalized spacial score (nSPS) is 10.1. The second kappa shape index (κ2) is 5.66. The lowest BCUT2D eigenvalue weighted by atomic mass is 10.1. The Labute approximate surface area is 119 Å². The molecule has 2 aromatic rings. The summed E-state index contributed by atoms with van der Waals surface area (Å²) in [5, 5.41) is 13.5. The van der Waals surface area contributed by atoms with Gasteiger partial charge in [-0.05, 0) is 30.7 Å². The molecule has 2 rings (SSSR count). The first kappa shape index (κ1) is 14.0. The number of nitrogens with zero attached hydrogens (tertiary/aromatic N) is 2. The molecule has 1 aromatic carbocycles. The van der Waals surface area contributed by atoms with Crippen LogP contribution in [0.3, 0.4) is 0 Å². The number of aryl methyl sites for hydroxylation is 1. The van der Waals surface area contributed by atoms with Crippen molar-refractivity contribution in [2.24, 2.45) is 0 Å². The summed E-state index contributed by atoms with van der Waals surface area (Å²) in [4.78, 5) is 26.0. The maximum absolute atomic E-state index is 12.0. The summed E-state index contributed by atoms with van der Waals surface area (Å²) in [6, 6.07) is 7.20. The van der Waals surface area contributed by atoms with E-state index in [-0.39, 0.29) is 16.7 Å². The lowest BCUT2D eigenvalue weighted by Gasteiger charge is -2.08. The maximum atomic E-state index is 12.0. The first-order valence-corrected chi connectivity index (χ1v) is 6.03. The van der Waals surface area contributed by atoms with Crippen LogP contribution in [0, 0.1) is 17.0 Å². The average Bonchev–Trinajstić information content (AvgIpc) is 2.40. The van der Waals surface area contributed by atoms with Gasteiger partial charge in [0.05, 0.1) is 4.92 Å². The first-order valence-electron chi connectivity index (χ1n) is 5.65. The Morgan fingerprint density at radius 2 is 2.10 bits per heavy atom. The Bertz CT molecular complexity index is 688. The molecular weight excluding hydrogens is 282 g/mol. The SMILES string of the molecule is Cc1cc([N+](=O)[O-])ccc1NC(=O)c1ccnc(Cl)c1. The van der Waals surface area contributed by atoms with Gasteiger partial charge in [0.1, 0.15) is 5.15 Å². The van der Waals surface area contributed by atoms with Crippen molar-refractivity contribution < 1.29 is 9.72 Å². The van der Waals surface area contributed by atoms with E-state index in [9.17, 15) is 14.9 Å². The number of hydrogen-bond acceptors (Lipinski definition) is 4. The Morgan fingerprint density at radius 1 is 1.35 bits per heavy atom. The van der Waals surface area contributed by atoms with Crippen molar-refractivity contribution in [3.05, 3.63) is 62.9 Å². The van der Waals surface area contributed by atoms with E-state index in [1.165, 1.54) is 36.5 Å². The summed E-state index contributed by atoms with van der Waals surface area (Å²) >= 11 is 5.71. The predicted octanol–water partition coefficient (Wildman–Crippen LogP) is 3.20. The summed E-state index contributed by atoms with van der Waals surface area (Å²) in [5.74, 6) is -0.355. The molecule has 0 spiro atoms. The monoisotopic (exact) mass is 291 g/mol. The molecule has 0 bridgehead atoms. The molecule has 1 amide bonds. The summed E-state index contributed by atoms with van der Waals surface area (Å²) in [6.45, 7) is 1.68. The molecule has 102 valence electrons. The lowest BCUT2D eigenvalue weighted by molar-refractivity contribution is -0.384. The van der Waals surface area contributed by atoms with Crippen LogP contribution in [-0.4, -0.2) is 15.8 Å². The third kappa shape index (κ3) is 3.10. The minimum absolute atomic E-state index is 0.0209. The number of rotatable bonds is 3. The van der Waals surface area contributed by atoms with Crippen molar-refractivity contribution in [1.29, 1.82) is 0 Å². The van der Waals surface area contributed by atoms with Crippen LogP contribution in [0.4, 0.5) is 11.4 Å². The molecule has 20 heavy (non-hydrogen) atoms. The van der Waals surface area contributed by atoms with Crippen molar-refractivity contribution >= 4 is 28.9 Å². The molecule has 6 nitrogen and oxygen atoms in total. The van der Waals surface area contributed by atoms with Gasteiger partial charge in [0.25, 0.3) is 11.6 Å². The van der Waals surface area contributed by atoms with Crippen LogP contribution >= 0.6 is 11.6 Å². The molecule has 0 atom stereocenters. The highest BCUT2D eigenvalue weighted by atomic mass is 35.5. The van der Waals surface area contributed by atoms with Gasteiger partial charge >= 0.3 is 0 Å². The molecule has 7 heteroatoms. The highest BCUT2D eigenvalue weighted by Crippen LogP contribution is 2.22. The van der Waals surface area contributed by atoms with Crippen LogP contribution in [0.1, 0.15) is 15.9 Å². The third-order valence-corrected chi connectivity index (χ3v) is 2.86. The molecule has 0 saturated carbocycles. The lowest BCUT2D eigenvalue weighted by Crippen LogP contribution is -2.13. The third-order valence-electron chi connectivity index (χ3n) is 2.66. The molecule has 1 heterocycles. The van der Waals surface area contributed by atoms with Crippen LogP contribution in [0.5, 0.6) is 0 Å². The smallest absolute Gasteiger partial charge is 0.269 e. The Kier molecular flexibility index (Phi) is 3.95. The van der Waals surface area contributed by atoms with Gasteiger partial charge in [0, 0.05) is 29.6 Å². The fourth-order valence-corrected chi connectivity index (χ4v) is 1.81. The number of nitrogens with one attached hydrogen (secondary N) is 1. The van der Waals surface area contributed by atoms with Gasteiger partial charge in [-0.1, -0.05) is 11.6 Å². The number of nitro benzene ring substituents is 1. The molecule has 0 radical (unpaired) electrons. The summed E-state index contributed by atoms with van der Waals surface area (Å²) in [6.07, 6.45) is 1.43. The standard InChI is InChI=1S/C13H10ClN3O3/c1-8-6-10(17(19)20)2-3-11(8)16-13(18)9-4-5-15-12(14)7-9/h2-7H,1H3,(H,16,18). The number of nitro groups is 1. The van der Waals surface area contributed by atoms with Crippen LogP contribution in [0.25, 0.3) is 0 Å². The van der Waals surface area contributed by atoms with Crippen molar-refractivity contribution in [2.45, 2.75) is 6.92 Å². The zero-order chi connectivity index (χ0) is 14.7. The van der Waals surface area contributed by atoms with Crippen molar-refractivity contribution in [3.63, 3.8) is 0 Å². The van der Waals surface area contributed by atoms with Crippen LogP contribution in [0.15, 0.2) is 36.5 Å². The number of pyridine rings is 1. The summed E-state index contributed by atoms with van der Waals surface area (Å²) in [7, 11) is 0. The molecule has 0 saturated heterocycles. The van der Waals surface area contributed by atoms with E-state index in [1.807, 2.05) is 0 Å². The van der Waals surface area contributed by atoms with Gasteiger partial charge in [0.2, 0.25) is 0 Å². The number of amides is 1. The van der Waals surface area contributed by atoms with E-state index in [2.05, 4.69) is 10.3 Å². The van der Waals surface area contributed by atoms with Crippen LogP contribution in [-0.2, 0) is 0 Å². The molecule has 0 unspecified atom stereocenters. The van der Waals surface area contributed by atoms with Crippen molar-refractivity contribution in [3.8, 4) is 0 Å². The van der Waals surface area contributed by atoms with Crippen molar-refractivity contribution in [1.82, 2.24) is 4.98 Å². The Balaban J connectivity index is 2.22. The number of halogens is 1. The summed E-state index contributed by atoms with van der Waals surface area (Å²) < 4.78 is 0. The highest BCUT2D eigenvalue weighted by molar-refractivity contribution is 6.29. The number of anilines is 1. The zero-order valence-electron chi connectivity index (χ0n) is 10.5. The fourth-order valence-electron chi connectivity index (χ4n) is 1.64. The molecule has 0 aliphatic carbocycles. The second-order valence-corrected chi connectivity index (χ2v) is 4.46. The average molecular weight is 292 g/mol. The number of aromatic nitrogens is 1. The van der Waals surface area contributed by atoms with Gasteiger partial charge < -0.3 is 5.32 Å². The van der Waals surface area contributed by atoms with Gasteiger partial charge in [-0.2, -0.15) is 0 Å². The summed E-state index contributed by atoms with van der Waals surface area (Å²) in [5.41, 5.74) is 1.46. The van der Waals surface area contributed by atoms with Gasteiger partial charge in [-0.15, -0.1) is 0 Å². The quantitative estimate of drug-likeness (QED) is 0.534. The molecule has 0 aliphatic rings. The van der Waals surface area contributed by atoms with Gasteiger partial charge in [0.15, 0.2) is 0 Å². The maximum Gasteiger partial charge on any atom is 0.269 e. The van der Waals surface area contributed by atoms with E-state index in [1.54, 1.807) is 6.92 Å². The molecule has 1 aromatic heterocycles. The fraction of sp³-hybridized carbons (Fsp3) is 0.0769. The van der Waals surface area contributed by atoms with Crippen molar-refractivity contribution in [2.75, 3.05) is 5.32 Å². The minimum atomic E-state index is -0.485. The van der Waals surface area contributed by atoms with Crippen LogP contribution < -0.4 is 5.32 Å². The molecular formula is C13H10ClN3O3. The molecule has 1 N–H and O–H groups in total. The molecule has 0 aliphatic heterocycles. The zero-order valence-corrected chi connectivity index (χ0v) is 11.2. The first-order chi connectivity index (χ1) is 9.47. The largest absolute Gasteiger partial charge is 0.322 e. The minimum Gasteiger partial charge on any atom is -0.322 e.